The molecule has 0 aliphatic rings. The molecule has 1 aromatic heterocycles. The lowest BCUT2D eigenvalue weighted by atomic mass is 10.4. The van der Waals surface area contributed by atoms with Gasteiger partial charge in [0, 0.05) is 48.1 Å². The minimum atomic E-state index is -0.767. The predicted molar refractivity (Wildman–Crippen MR) is 88.2 cm³/mol. The maximum absolute atomic E-state index is 11.4. The largest absolute Gasteiger partial charge is 0.374 e. The number of nitrogens with one attached hydrogen (secondary N) is 2. The summed E-state index contributed by atoms with van der Waals surface area (Å²) in [6.45, 7) is 8.51. The van der Waals surface area contributed by atoms with Crippen molar-refractivity contribution in [2.75, 3.05) is 41.8 Å². The highest BCUT2D eigenvalue weighted by Crippen LogP contribution is 2.12. The van der Waals surface area contributed by atoms with E-state index in [0.717, 1.165) is 24.6 Å². The second-order valence-corrected chi connectivity index (χ2v) is 6.34. The molecule has 120 valence electrons. The van der Waals surface area contributed by atoms with Gasteiger partial charge in [0.15, 0.2) is 5.82 Å². The van der Waals surface area contributed by atoms with Crippen LogP contribution in [-0.2, 0) is 22.1 Å². The molecule has 0 aromatic carbocycles. The molecule has 1 unspecified atom stereocenters. The Hall–Kier alpha value is -1.21. The summed E-state index contributed by atoms with van der Waals surface area (Å²) < 4.78 is 16.8. The van der Waals surface area contributed by atoms with Gasteiger partial charge in [-0.3, -0.25) is 4.21 Å². The van der Waals surface area contributed by atoms with Crippen molar-refractivity contribution in [1.82, 2.24) is 9.97 Å². The van der Waals surface area contributed by atoms with Crippen molar-refractivity contribution in [3.63, 3.8) is 0 Å². The molecule has 0 saturated heterocycles. The van der Waals surface area contributed by atoms with E-state index in [1.807, 2.05) is 19.9 Å². The van der Waals surface area contributed by atoms with Crippen molar-refractivity contribution in [2.24, 2.45) is 0 Å². The minimum Gasteiger partial charge on any atom is -0.374 e. The molecule has 1 heterocycles. The number of nitrogens with zero attached hydrogens (tertiary/aromatic N) is 2. The van der Waals surface area contributed by atoms with Crippen LogP contribution in [0.3, 0.4) is 0 Å². The number of ether oxygens (including phenoxy) is 1. The zero-order chi connectivity index (χ0) is 15.5. The summed E-state index contributed by atoms with van der Waals surface area (Å²) in [6, 6.07) is 1.87. The molecule has 7 heteroatoms. The van der Waals surface area contributed by atoms with Crippen LogP contribution in [0.1, 0.15) is 33.0 Å². The number of anilines is 2. The highest BCUT2D eigenvalue weighted by Gasteiger charge is 2.05. The third-order valence-electron chi connectivity index (χ3n) is 2.72. The summed E-state index contributed by atoms with van der Waals surface area (Å²) in [5.41, 5.74) is 0. The highest BCUT2D eigenvalue weighted by molar-refractivity contribution is 7.84. The fourth-order valence-corrected chi connectivity index (χ4v) is 2.24. The van der Waals surface area contributed by atoms with Gasteiger partial charge in [0.05, 0.1) is 0 Å². The first kappa shape index (κ1) is 17.8. The van der Waals surface area contributed by atoms with Gasteiger partial charge in [-0.2, -0.15) is 0 Å². The molecule has 0 aliphatic heterocycles. The summed E-state index contributed by atoms with van der Waals surface area (Å²) in [4.78, 5) is 8.84. The van der Waals surface area contributed by atoms with Crippen molar-refractivity contribution < 1.29 is 8.95 Å². The van der Waals surface area contributed by atoms with E-state index in [-0.39, 0.29) is 0 Å². The molecular formula is C14H26N4O2S. The van der Waals surface area contributed by atoms with E-state index in [1.165, 1.54) is 0 Å². The zero-order valence-corrected chi connectivity index (χ0v) is 14.0. The van der Waals surface area contributed by atoms with Crippen LogP contribution in [0.4, 0.5) is 11.6 Å². The Bertz CT molecular complexity index is 417. The van der Waals surface area contributed by atoms with Crippen LogP contribution in [0.25, 0.3) is 0 Å². The summed E-state index contributed by atoms with van der Waals surface area (Å²) >= 11 is 0. The molecular weight excluding hydrogens is 288 g/mol. The van der Waals surface area contributed by atoms with Crippen LogP contribution >= 0.6 is 0 Å². The van der Waals surface area contributed by atoms with Crippen molar-refractivity contribution >= 4 is 22.4 Å². The quantitative estimate of drug-likeness (QED) is 0.651. The molecule has 0 aliphatic carbocycles. The topological polar surface area (TPSA) is 76.1 Å². The third kappa shape index (κ3) is 7.38. The Morgan fingerprint density at radius 2 is 1.81 bits per heavy atom. The Labute approximate surface area is 129 Å². The first-order valence-electron chi connectivity index (χ1n) is 7.48. The highest BCUT2D eigenvalue weighted by atomic mass is 32.2. The van der Waals surface area contributed by atoms with E-state index in [1.54, 1.807) is 0 Å². The number of aromatic nitrogens is 2. The normalized spacial score (nSPS) is 12.1. The minimum absolute atomic E-state index is 0.397. The molecule has 1 rings (SSSR count). The number of hydrogen-bond donors (Lipinski definition) is 2. The van der Waals surface area contributed by atoms with E-state index in [4.69, 9.17) is 4.74 Å². The first-order valence-corrected chi connectivity index (χ1v) is 8.96. The lowest BCUT2D eigenvalue weighted by Gasteiger charge is -2.11. The second kappa shape index (κ2) is 10.5. The third-order valence-corrected chi connectivity index (χ3v) is 4.03. The first-order chi connectivity index (χ1) is 10.2. The van der Waals surface area contributed by atoms with Gasteiger partial charge >= 0.3 is 0 Å². The Morgan fingerprint density at radius 1 is 1.14 bits per heavy atom. The van der Waals surface area contributed by atoms with Gasteiger partial charge in [0.2, 0.25) is 0 Å². The van der Waals surface area contributed by atoms with Gasteiger partial charge in [-0.25, -0.2) is 9.97 Å². The second-order valence-electron chi connectivity index (χ2n) is 4.48. The lowest BCUT2D eigenvalue weighted by Crippen LogP contribution is -2.14. The Kier molecular flexibility index (Phi) is 8.93. The summed E-state index contributed by atoms with van der Waals surface area (Å²) in [6.07, 6.45) is 1.03. The van der Waals surface area contributed by atoms with Crippen molar-refractivity contribution in [3.8, 4) is 0 Å². The van der Waals surface area contributed by atoms with Crippen LogP contribution in [0.5, 0.6) is 0 Å². The maximum atomic E-state index is 11.4. The van der Waals surface area contributed by atoms with Crippen molar-refractivity contribution in [3.05, 3.63) is 11.9 Å². The average Bonchev–Trinajstić information content (AvgIpc) is 2.50. The van der Waals surface area contributed by atoms with Crippen LogP contribution in [0.2, 0.25) is 0 Å². The van der Waals surface area contributed by atoms with Gasteiger partial charge in [-0.1, -0.05) is 13.8 Å². The predicted octanol–water partition coefficient (Wildman–Crippen LogP) is 2.02. The van der Waals surface area contributed by atoms with Crippen LogP contribution in [-0.4, -0.2) is 45.4 Å². The van der Waals surface area contributed by atoms with E-state index in [2.05, 4.69) is 27.5 Å². The van der Waals surface area contributed by atoms with Gasteiger partial charge in [-0.15, -0.1) is 0 Å². The molecule has 0 saturated carbocycles. The molecule has 21 heavy (non-hydrogen) atoms. The number of rotatable bonds is 11. The van der Waals surface area contributed by atoms with E-state index < -0.39 is 10.8 Å². The van der Waals surface area contributed by atoms with Crippen LogP contribution < -0.4 is 10.6 Å². The fourth-order valence-electron chi connectivity index (χ4n) is 1.63. The monoisotopic (exact) mass is 314 g/mol. The molecule has 1 aromatic rings. The SMILES string of the molecule is CCCNc1cc(NCCS(=O)CC)nc(COCC)n1. The van der Waals surface area contributed by atoms with Gasteiger partial charge < -0.3 is 15.4 Å². The van der Waals surface area contributed by atoms with Gasteiger partial charge in [-0.05, 0) is 13.3 Å². The van der Waals surface area contributed by atoms with Gasteiger partial charge in [0.1, 0.15) is 18.2 Å². The summed E-state index contributed by atoms with van der Waals surface area (Å²) in [7, 11) is -0.767. The zero-order valence-electron chi connectivity index (χ0n) is 13.1. The van der Waals surface area contributed by atoms with E-state index >= 15 is 0 Å². The maximum Gasteiger partial charge on any atom is 0.158 e. The van der Waals surface area contributed by atoms with Crippen LogP contribution in [0, 0.1) is 0 Å². The van der Waals surface area contributed by atoms with E-state index in [0.29, 0.717) is 37.1 Å². The number of hydrogen-bond acceptors (Lipinski definition) is 6. The smallest absolute Gasteiger partial charge is 0.158 e. The molecule has 6 nitrogen and oxygen atoms in total. The molecule has 2 N–H and O–H groups in total. The van der Waals surface area contributed by atoms with Crippen molar-refractivity contribution in [2.45, 2.75) is 33.8 Å². The Balaban J connectivity index is 2.68. The molecule has 0 fully saturated rings. The summed E-state index contributed by atoms with van der Waals surface area (Å²) in [5.74, 6) is 3.49. The van der Waals surface area contributed by atoms with Crippen molar-refractivity contribution in [1.29, 1.82) is 0 Å². The van der Waals surface area contributed by atoms with Crippen LogP contribution in [0.15, 0.2) is 6.07 Å². The standard InChI is InChI=1S/C14H26N4O2S/c1-4-7-15-12-10-13(16-8-9-21(19)6-3)18-14(17-12)11-20-5-2/h10H,4-9,11H2,1-3H3,(H2,15,16,17,18). The molecule has 0 amide bonds. The molecule has 0 spiro atoms. The molecule has 0 bridgehead atoms. The average molecular weight is 314 g/mol. The fraction of sp³-hybridized carbons (Fsp3) is 0.714. The molecule has 1 atom stereocenters. The summed E-state index contributed by atoms with van der Waals surface area (Å²) in [5, 5.41) is 6.46. The molecule has 0 radical (unpaired) electrons. The van der Waals surface area contributed by atoms with E-state index in [9.17, 15) is 4.21 Å². The Morgan fingerprint density at radius 3 is 2.38 bits per heavy atom. The van der Waals surface area contributed by atoms with Gasteiger partial charge in [0.25, 0.3) is 0 Å². The lowest BCUT2D eigenvalue weighted by molar-refractivity contribution is 0.128.